The van der Waals surface area contributed by atoms with E-state index in [-0.39, 0.29) is 5.91 Å². The molecule has 1 fully saturated rings. The zero-order valence-electron chi connectivity index (χ0n) is 16.0. The molecule has 2 aromatic carbocycles. The van der Waals surface area contributed by atoms with Gasteiger partial charge in [0.1, 0.15) is 5.58 Å². The SMILES string of the molecule is C[C@H]1CCCCN1CCCNC(=O)Cc1coc2ccc3ccccc3c12. The Bertz CT molecular complexity index is 930. The highest BCUT2D eigenvalue weighted by Crippen LogP contribution is 2.30. The van der Waals surface area contributed by atoms with Crippen molar-refractivity contribution in [2.45, 2.75) is 45.1 Å². The molecule has 142 valence electrons. The number of piperidine rings is 1. The lowest BCUT2D eigenvalue weighted by molar-refractivity contribution is -0.120. The Morgan fingerprint density at radius 2 is 2.11 bits per heavy atom. The standard InChI is InChI=1S/C23H28N2O2/c1-17-7-4-5-13-25(17)14-6-12-24-22(26)15-19-16-27-21-11-10-18-8-2-3-9-20(18)23(19)21/h2-3,8-11,16-17H,4-7,12-15H2,1H3,(H,24,26)/t17-/m0/s1. The summed E-state index contributed by atoms with van der Waals surface area (Å²) >= 11 is 0. The summed E-state index contributed by atoms with van der Waals surface area (Å²) in [6.07, 6.45) is 7.05. The first-order valence-corrected chi connectivity index (χ1v) is 10.1. The van der Waals surface area contributed by atoms with Gasteiger partial charge in [-0.15, -0.1) is 0 Å². The second kappa shape index (κ2) is 8.13. The highest BCUT2D eigenvalue weighted by atomic mass is 16.3. The molecule has 0 saturated carbocycles. The number of rotatable bonds is 6. The van der Waals surface area contributed by atoms with E-state index in [9.17, 15) is 4.79 Å². The van der Waals surface area contributed by atoms with Crippen molar-refractivity contribution in [2.75, 3.05) is 19.6 Å². The number of carbonyl (C=O) groups excluding carboxylic acids is 1. The Morgan fingerprint density at radius 1 is 1.22 bits per heavy atom. The summed E-state index contributed by atoms with van der Waals surface area (Å²) in [7, 11) is 0. The molecule has 0 bridgehead atoms. The maximum Gasteiger partial charge on any atom is 0.224 e. The Balaban J connectivity index is 1.35. The van der Waals surface area contributed by atoms with Gasteiger partial charge in [-0.3, -0.25) is 4.79 Å². The van der Waals surface area contributed by atoms with Crippen LogP contribution in [-0.4, -0.2) is 36.5 Å². The fourth-order valence-corrected chi connectivity index (χ4v) is 4.24. The minimum Gasteiger partial charge on any atom is -0.464 e. The predicted molar refractivity (Wildman–Crippen MR) is 110 cm³/mol. The molecule has 1 aromatic heterocycles. The van der Waals surface area contributed by atoms with E-state index in [2.05, 4.69) is 35.3 Å². The van der Waals surface area contributed by atoms with Crippen LogP contribution in [0.4, 0.5) is 0 Å². The highest BCUT2D eigenvalue weighted by molar-refractivity contribution is 6.08. The normalized spacial score (nSPS) is 18.2. The molecule has 4 rings (SSSR count). The maximum absolute atomic E-state index is 12.4. The summed E-state index contributed by atoms with van der Waals surface area (Å²) in [6.45, 7) is 5.31. The average Bonchev–Trinajstić information content (AvgIpc) is 3.10. The number of amides is 1. The molecule has 4 heteroatoms. The predicted octanol–water partition coefficient (Wildman–Crippen LogP) is 4.51. The van der Waals surface area contributed by atoms with Crippen molar-refractivity contribution in [1.29, 1.82) is 0 Å². The summed E-state index contributed by atoms with van der Waals surface area (Å²) in [5, 5.41) is 6.46. The molecule has 1 aliphatic rings. The molecule has 1 amide bonds. The van der Waals surface area contributed by atoms with Gasteiger partial charge in [-0.2, -0.15) is 0 Å². The van der Waals surface area contributed by atoms with Crippen LogP contribution in [0.2, 0.25) is 0 Å². The van der Waals surface area contributed by atoms with Crippen LogP contribution in [-0.2, 0) is 11.2 Å². The molecule has 1 atom stereocenters. The topological polar surface area (TPSA) is 45.5 Å². The van der Waals surface area contributed by atoms with E-state index in [0.29, 0.717) is 12.5 Å². The van der Waals surface area contributed by atoms with Crippen LogP contribution in [0, 0.1) is 0 Å². The van der Waals surface area contributed by atoms with Crippen LogP contribution in [0.3, 0.4) is 0 Å². The lowest BCUT2D eigenvalue weighted by Crippen LogP contribution is -2.39. The van der Waals surface area contributed by atoms with E-state index in [1.54, 1.807) is 6.26 Å². The molecular weight excluding hydrogens is 336 g/mol. The molecule has 0 radical (unpaired) electrons. The zero-order valence-corrected chi connectivity index (χ0v) is 16.0. The van der Waals surface area contributed by atoms with Crippen LogP contribution in [0.15, 0.2) is 47.1 Å². The van der Waals surface area contributed by atoms with Crippen molar-refractivity contribution >= 4 is 27.6 Å². The Labute approximate surface area is 160 Å². The molecule has 1 N–H and O–H groups in total. The highest BCUT2D eigenvalue weighted by Gasteiger charge is 2.17. The molecule has 27 heavy (non-hydrogen) atoms. The van der Waals surface area contributed by atoms with Gasteiger partial charge in [-0.1, -0.05) is 36.8 Å². The number of hydrogen-bond acceptors (Lipinski definition) is 3. The fourth-order valence-electron chi connectivity index (χ4n) is 4.24. The van der Waals surface area contributed by atoms with Crippen molar-refractivity contribution in [3.8, 4) is 0 Å². The average molecular weight is 364 g/mol. The van der Waals surface area contributed by atoms with Crippen LogP contribution in [0.5, 0.6) is 0 Å². The Morgan fingerprint density at radius 3 is 3.00 bits per heavy atom. The number of likely N-dealkylation sites (tertiary alicyclic amines) is 1. The van der Waals surface area contributed by atoms with Gasteiger partial charge in [0.05, 0.1) is 12.7 Å². The molecular formula is C23H28N2O2. The van der Waals surface area contributed by atoms with Gasteiger partial charge in [0.2, 0.25) is 5.91 Å². The Kier molecular flexibility index (Phi) is 5.44. The number of furan rings is 1. The van der Waals surface area contributed by atoms with Crippen molar-refractivity contribution in [2.24, 2.45) is 0 Å². The molecule has 0 spiro atoms. The third-order valence-electron chi connectivity index (χ3n) is 5.78. The molecule has 3 aromatic rings. The van der Waals surface area contributed by atoms with Crippen LogP contribution in [0.1, 0.15) is 38.2 Å². The monoisotopic (exact) mass is 364 g/mol. The molecule has 1 saturated heterocycles. The number of nitrogens with one attached hydrogen (secondary N) is 1. The van der Waals surface area contributed by atoms with Gasteiger partial charge in [0, 0.05) is 30.1 Å². The minimum atomic E-state index is 0.0670. The van der Waals surface area contributed by atoms with Gasteiger partial charge >= 0.3 is 0 Å². The van der Waals surface area contributed by atoms with Crippen molar-refractivity contribution in [3.63, 3.8) is 0 Å². The van der Waals surface area contributed by atoms with Gasteiger partial charge in [-0.25, -0.2) is 0 Å². The van der Waals surface area contributed by atoms with Crippen LogP contribution >= 0.6 is 0 Å². The van der Waals surface area contributed by atoms with Gasteiger partial charge in [-0.05, 0) is 49.6 Å². The number of benzene rings is 2. The van der Waals surface area contributed by atoms with Crippen molar-refractivity contribution in [1.82, 2.24) is 10.2 Å². The number of hydrogen-bond donors (Lipinski definition) is 1. The first kappa shape index (κ1) is 18.1. The fraction of sp³-hybridized carbons (Fsp3) is 0.435. The van der Waals surface area contributed by atoms with Crippen molar-refractivity contribution < 1.29 is 9.21 Å². The van der Waals surface area contributed by atoms with E-state index in [1.807, 2.05) is 18.2 Å². The van der Waals surface area contributed by atoms with Crippen LogP contribution in [0.25, 0.3) is 21.7 Å². The minimum absolute atomic E-state index is 0.0670. The summed E-state index contributed by atoms with van der Waals surface area (Å²) < 4.78 is 5.69. The van der Waals surface area contributed by atoms with Gasteiger partial charge in [0.25, 0.3) is 0 Å². The third kappa shape index (κ3) is 4.01. The summed E-state index contributed by atoms with van der Waals surface area (Å²) in [6, 6.07) is 13.0. The molecule has 0 aliphatic carbocycles. The first-order valence-electron chi connectivity index (χ1n) is 10.1. The van der Waals surface area contributed by atoms with E-state index in [0.717, 1.165) is 41.4 Å². The number of nitrogens with zero attached hydrogens (tertiary/aromatic N) is 1. The summed E-state index contributed by atoms with van der Waals surface area (Å²) in [5.74, 6) is 0.0670. The largest absolute Gasteiger partial charge is 0.464 e. The van der Waals surface area contributed by atoms with E-state index in [4.69, 9.17) is 4.42 Å². The lowest BCUT2D eigenvalue weighted by Gasteiger charge is -2.33. The van der Waals surface area contributed by atoms with Crippen molar-refractivity contribution in [3.05, 3.63) is 48.2 Å². The molecule has 1 aliphatic heterocycles. The van der Waals surface area contributed by atoms with Gasteiger partial charge < -0.3 is 14.6 Å². The van der Waals surface area contributed by atoms with E-state index < -0.39 is 0 Å². The zero-order chi connectivity index (χ0) is 18.6. The Hall–Kier alpha value is -2.33. The lowest BCUT2D eigenvalue weighted by atomic mass is 10.0. The first-order chi connectivity index (χ1) is 13.2. The third-order valence-corrected chi connectivity index (χ3v) is 5.78. The van der Waals surface area contributed by atoms with Crippen LogP contribution < -0.4 is 5.32 Å². The number of carbonyl (C=O) groups is 1. The molecule has 4 nitrogen and oxygen atoms in total. The van der Waals surface area contributed by atoms with Gasteiger partial charge in [0.15, 0.2) is 0 Å². The van der Waals surface area contributed by atoms with E-state index >= 15 is 0 Å². The second-order valence-electron chi connectivity index (χ2n) is 7.68. The van der Waals surface area contributed by atoms with E-state index in [1.165, 1.54) is 31.2 Å². The summed E-state index contributed by atoms with van der Waals surface area (Å²) in [4.78, 5) is 15.0. The second-order valence-corrected chi connectivity index (χ2v) is 7.68. The number of fused-ring (bicyclic) bond motifs is 3. The summed E-state index contributed by atoms with van der Waals surface area (Å²) in [5.41, 5.74) is 1.81. The molecule has 2 heterocycles. The quantitative estimate of drug-likeness (QED) is 0.655. The maximum atomic E-state index is 12.4. The smallest absolute Gasteiger partial charge is 0.224 e. The molecule has 0 unspecified atom stereocenters.